The first-order valence-corrected chi connectivity index (χ1v) is 7.92. The molecule has 0 unspecified atom stereocenters. The number of nitrogens with one attached hydrogen (secondary N) is 1. The van der Waals surface area contributed by atoms with E-state index in [1.807, 2.05) is 0 Å². The molecular formula is C18H20F3NO2. The number of carbonyl (C=O) groups is 1. The van der Waals surface area contributed by atoms with Gasteiger partial charge in [-0.3, -0.25) is 4.79 Å². The summed E-state index contributed by atoms with van der Waals surface area (Å²) in [6.07, 6.45) is -2.16. The van der Waals surface area contributed by atoms with E-state index in [4.69, 9.17) is 0 Å². The predicted octanol–water partition coefficient (Wildman–Crippen LogP) is 4.91. The van der Waals surface area contributed by atoms with Crippen LogP contribution < -0.4 is 10.1 Å². The van der Waals surface area contributed by atoms with Crippen LogP contribution in [0, 0.1) is 16.7 Å². The van der Waals surface area contributed by atoms with Crippen LogP contribution in [0.2, 0.25) is 0 Å². The van der Waals surface area contributed by atoms with Crippen molar-refractivity contribution in [3.8, 4) is 5.75 Å². The lowest BCUT2D eigenvalue weighted by Gasteiger charge is -2.37. The Hall–Kier alpha value is -1.98. The zero-order valence-electron chi connectivity index (χ0n) is 13.7. The van der Waals surface area contributed by atoms with Crippen LogP contribution in [0.4, 0.5) is 18.9 Å². The van der Waals surface area contributed by atoms with E-state index in [1.54, 1.807) is 0 Å². The summed E-state index contributed by atoms with van der Waals surface area (Å²) in [4.78, 5) is 12.8. The maximum atomic E-state index is 12.8. The summed E-state index contributed by atoms with van der Waals surface area (Å²) >= 11 is 0. The number of hydrogen-bond donors (Lipinski definition) is 1. The van der Waals surface area contributed by atoms with Crippen molar-refractivity contribution in [1.82, 2.24) is 0 Å². The van der Waals surface area contributed by atoms with Crippen LogP contribution >= 0.6 is 0 Å². The highest BCUT2D eigenvalue weighted by Crippen LogP contribution is 2.65. The summed E-state index contributed by atoms with van der Waals surface area (Å²) in [5.41, 5.74) is 0.792. The molecular weight excluding hydrogens is 319 g/mol. The molecule has 3 rings (SSSR count). The molecule has 1 amide bonds. The van der Waals surface area contributed by atoms with Crippen molar-refractivity contribution in [2.75, 3.05) is 5.32 Å². The lowest BCUT2D eigenvalue weighted by Crippen LogP contribution is -2.37. The second-order valence-corrected chi connectivity index (χ2v) is 7.25. The van der Waals surface area contributed by atoms with Gasteiger partial charge in [0.15, 0.2) is 0 Å². The van der Waals surface area contributed by atoms with Gasteiger partial charge in [-0.1, -0.05) is 26.0 Å². The Labute approximate surface area is 138 Å². The van der Waals surface area contributed by atoms with Gasteiger partial charge in [0.25, 0.3) is 0 Å². The number of carbonyl (C=O) groups excluding carboxylic acids is 1. The van der Waals surface area contributed by atoms with Gasteiger partial charge in [-0.2, -0.15) is 0 Å². The topological polar surface area (TPSA) is 38.3 Å². The lowest BCUT2D eigenvalue weighted by molar-refractivity contribution is -0.274. The number of benzene rings is 1. The average molecular weight is 339 g/mol. The molecule has 2 bridgehead atoms. The molecule has 0 aliphatic heterocycles. The number of halogens is 3. The summed E-state index contributed by atoms with van der Waals surface area (Å²) in [6.45, 7) is 8.42. The first-order valence-electron chi connectivity index (χ1n) is 7.92. The van der Waals surface area contributed by atoms with Gasteiger partial charge in [-0.25, -0.2) is 0 Å². The summed E-state index contributed by atoms with van der Waals surface area (Å²) < 4.78 is 40.3. The molecule has 3 nitrogen and oxygen atoms in total. The standard InChI is InChI=1S/C18H20F3NO2/c1-11-16(2,3)12-8-9-17(11,10-12)15(23)22-13-4-6-14(7-5-13)24-18(19,20)21/h4-7,12H,1,8-10H2,2-3H3,(H,22,23)/t12-,17-/m1/s1. The first kappa shape index (κ1) is 16.9. The van der Waals surface area contributed by atoms with Gasteiger partial charge >= 0.3 is 6.36 Å². The molecule has 0 heterocycles. The van der Waals surface area contributed by atoms with E-state index in [1.165, 1.54) is 24.3 Å². The van der Waals surface area contributed by atoms with E-state index in [-0.39, 0.29) is 17.1 Å². The van der Waals surface area contributed by atoms with Gasteiger partial charge in [0.2, 0.25) is 5.91 Å². The normalized spacial score (nSPS) is 28.0. The Bertz CT molecular complexity index is 678. The molecule has 130 valence electrons. The maximum absolute atomic E-state index is 12.8. The second-order valence-electron chi connectivity index (χ2n) is 7.25. The van der Waals surface area contributed by atoms with Crippen LogP contribution in [0.5, 0.6) is 5.75 Å². The van der Waals surface area contributed by atoms with Gasteiger partial charge in [0.05, 0.1) is 5.41 Å². The first-order chi connectivity index (χ1) is 11.0. The molecule has 2 saturated carbocycles. The van der Waals surface area contributed by atoms with Crippen molar-refractivity contribution < 1.29 is 22.7 Å². The molecule has 0 spiro atoms. The number of rotatable bonds is 3. The summed E-state index contributed by atoms with van der Waals surface area (Å²) in [5.74, 6) is 0.0226. The van der Waals surface area contributed by atoms with Gasteiger partial charge in [-0.05, 0) is 54.9 Å². The van der Waals surface area contributed by atoms with Gasteiger partial charge < -0.3 is 10.1 Å². The highest BCUT2D eigenvalue weighted by atomic mass is 19.4. The van der Waals surface area contributed by atoms with Crippen molar-refractivity contribution in [3.05, 3.63) is 36.4 Å². The lowest BCUT2D eigenvalue weighted by atomic mass is 9.68. The van der Waals surface area contributed by atoms with Crippen LogP contribution in [0.1, 0.15) is 33.1 Å². The average Bonchev–Trinajstić information content (AvgIpc) is 3.00. The highest BCUT2D eigenvalue weighted by molar-refractivity contribution is 5.98. The van der Waals surface area contributed by atoms with E-state index in [0.29, 0.717) is 11.6 Å². The van der Waals surface area contributed by atoms with Crippen LogP contribution in [0.25, 0.3) is 0 Å². The highest BCUT2D eigenvalue weighted by Gasteiger charge is 2.60. The van der Waals surface area contributed by atoms with E-state index in [2.05, 4.69) is 30.5 Å². The number of fused-ring (bicyclic) bond motifs is 2. The molecule has 1 aromatic carbocycles. The molecule has 1 aromatic rings. The van der Waals surface area contributed by atoms with Gasteiger partial charge in [0, 0.05) is 5.69 Å². The molecule has 0 radical (unpaired) electrons. The zero-order valence-corrected chi connectivity index (χ0v) is 13.7. The van der Waals surface area contributed by atoms with Crippen LogP contribution in [0.3, 0.4) is 0 Å². The quantitative estimate of drug-likeness (QED) is 0.795. The zero-order chi connectivity index (χ0) is 17.8. The Morgan fingerprint density at radius 2 is 1.92 bits per heavy atom. The maximum Gasteiger partial charge on any atom is 0.573 e. The minimum atomic E-state index is -4.73. The minimum absolute atomic E-state index is 0.0556. The molecule has 2 aliphatic carbocycles. The Morgan fingerprint density at radius 1 is 1.29 bits per heavy atom. The molecule has 2 aliphatic rings. The molecule has 0 aromatic heterocycles. The Kier molecular flexibility index (Phi) is 3.70. The number of anilines is 1. The largest absolute Gasteiger partial charge is 0.573 e. The van der Waals surface area contributed by atoms with Gasteiger partial charge in [0.1, 0.15) is 5.75 Å². The predicted molar refractivity (Wildman–Crippen MR) is 84.4 cm³/mol. The number of hydrogen-bond acceptors (Lipinski definition) is 2. The number of alkyl halides is 3. The molecule has 2 fully saturated rings. The van der Waals surface area contributed by atoms with Crippen molar-refractivity contribution in [2.24, 2.45) is 16.7 Å². The van der Waals surface area contributed by atoms with Crippen molar-refractivity contribution in [1.29, 1.82) is 0 Å². The van der Waals surface area contributed by atoms with E-state index in [0.717, 1.165) is 24.8 Å². The third-order valence-electron chi connectivity index (χ3n) is 5.67. The molecule has 24 heavy (non-hydrogen) atoms. The summed E-state index contributed by atoms with van der Waals surface area (Å²) in [5, 5.41) is 2.82. The third-order valence-corrected chi connectivity index (χ3v) is 5.67. The summed E-state index contributed by atoms with van der Waals surface area (Å²) in [6, 6.07) is 5.19. The molecule has 2 atom stereocenters. The Morgan fingerprint density at radius 3 is 2.42 bits per heavy atom. The van der Waals surface area contributed by atoms with Crippen LogP contribution in [-0.2, 0) is 4.79 Å². The monoisotopic (exact) mass is 339 g/mol. The van der Waals surface area contributed by atoms with Crippen molar-refractivity contribution >= 4 is 11.6 Å². The molecule has 0 saturated heterocycles. The van der Waals surface area contributed by atoms with E-state index >= 15 is 0 Å². The fraction of sp³-hybridized carbons (Fsp3) is 0.500. The number of amides is 1. The molecule has 6 heteroatoms. The van der Waals surface area contributed by atoms with E-state index in [9.17, 15) is 18.0 Å². The fourth-order valence-corrected chi connectivity index (χ4v) is 4.13. The van der Waals surface area contributed by atoms with Crippen molar-refractivity contribution in [2.45, 2.75) is 39.5 Å². The summed E-state index contributed by atoms with van der Waals surface area (Å²) in [7, 11) is 0. The van der Waals surface area contributed by atoms with Gasteiger partial charge in [-0.15, -0.1) is 13.2 Å². The minimum Gasteiger partial charge on any atom is -0.406 e. The van der Waals surface area contributed by atoms with Crippen LogP contribution in [0.15, 0.2) is 36.4 Å². The second kappa shape index (κ2) is 5.26. The SMILES string of the molecule is C=C1C(C)(C)[C@@H]2CC[C@@]1(C(=O)Nc1ccc(OC(F)(F)F)cc1)C2. The van der Waals surface area contributed by atoms with Crippen molar-refractivity contribution in [3.63, 3.8) is 0 Å². The molecule has 1 N–H and O–H groups in total. The van der Waals surface area contributed by atoms with Crippen LogP contribution in [-0.4, -0.2) is 12.3 Å². The smallest absolute Gasteiger partial charge is 0.406 e. The third kappa shape index (κ3) is 2.68. The number of ether oxygens (including phenoxy) is 1. The van der Waals surface area contributed by atoms with E-state index < -0.39 is 11.8 Å². The fourth-order valence-electron chi connectivity index (χ4n) is 4.13. The Balaban J connectivity index is 1.73.